The normalized spacial score (nSPS) is 11.5. The maximum absolute atomic E-state index is 12.2. The third-order valence-electron chi connectivity index (χ3n) is 5.02. The topological polar surface area (TPSA) is 95.9 Å². The Bertz CT molecular complexity index is 1120. The first-order valence-corrected chi connectivity index (χ1v) is 11.6. The number of oxime groups is 1. The molecule has 0 aliphatic rings. The Morgan fingerprint density at radius 1 is 1.03 bits per heavy atom. The van der Waals surface area contributed by atoms with Gasteiger partial charge in [0.15, 0.2) is 17.6 Å². The molecule has 3 aromatic rings. The van der Waals surface area contributed by atoms with Crippen LogP contribution in [-0.2, 0) is 21.0 Å². The average molecular weight is 468 g/mol. The van der Waals surface area contributed by atoms with E-state index in [9.17, 15) is 9.59 Å². The highest BCUT2D eigenvalue weighted by atomic mass is 16.6. The molecule has 1 heterocycles. The van der Waals surface area contributed by atoms with Crippen molar-refractivity contribution in [3.05, 3.63) is 65.4 Å². The quantitative estimate of drug-likeness (QED) is 0.362. The second kappa shape index (κ2) is 13.8. The van der Waals surface area contributed by atoms with Crippen LogP contribution >= 0.6 is 0 Å². The second-order valence-electron chi connectivity index (χ2n) is 7.04. The van der Waals surface area contributed by atoms with Gasteiger partial charge in [-0.25, -0.2) is 0 Å². The Balaban J connectivity index is 0.00000137. The zero-order valence-corrected chi connectivity index (χ0v) is 21.5. The zero-order chi connectivity index (χ0) is 25.8. The van der Waals surface area contributed by atoms with Crippen LogP contribution in [0.5, 0.6) is 5.75 Å². The largest absolute Gasteiger partial charge is 0.482 e. The van der Waals surface area contributed by atoms with Gasteiger partial charge in [-0.3, -0.25) is 9.59 Å². The Morgan fingerprint density at radius 2 is 1.65 bits per heavy atom. The number of primary amides is 1. The van der Waals surface area contributed by atoms with Crippen LogP contribution in [-0.4, -0.2) is 35.2 Å². The molecular formula is C27H37N3O4. The lowest BCUT2D eigenvalue weighted by Crippen LogP contribution is -2.25. The third-order valence-corrected chi connectivity index (χ3v) is 5.02. The summed E-state index contributed by atoms with van der Waals surface area (Å²) in [4.78, 5) is 28.9. The number of fused-ring (bicyclic) bond motifs is 1. The minimum atomic E-state index is -0.715. The van der Waals surface area contributed by atoms with E-state index in [1.165, 1.54) is 14.0 Å². The number of ketones is 1. The molecule has 7 nitrogen and oxygen atoms in total. The molecule has 0 fully saturated rings. The molecular weight excluding hydrogens is 430 g/mol. The Labute approximate surface area is 202 Å². The summed E-state index contributed by atoms with van der Waals surface area (Å²) in [7, 11) is 1.36. The van der Waals surface area contributed by atoms with Gasteiger partial charge in [0.25, 0.3) is 5.91 Å². The van der Waals surface area contributed by atoms with Crippen molar-refractivity contribution in [1.29, 1.82) is 0 Å². The van der Waals surface area contributed by atoms with Crippen molar-refractivity contribution in [3.8, 4) is 5.75 Å². The van der Waals surface area contributed by atoms with Crippen LogP contribution in [0.3, 0.4) is 0 Å². The third kappa shape index (κ3) is 6.47. The van der Waals surface area contributed by atoms with E-state index in [0.29, 0.717) is 23.2 Å². The fourth-order valence-corrected chi connectivity index (χ4v) is 3.43. The minimum absolute atomic E-state index is 0.00154. The van der Waals surface area contributed by atoms with Crippen LogP contribution in [0.4, 0.5) is 0 Å². The van der Waals surface area contributed by atoms with Crippen LogP contribution in [0.25, 0.3) is 10.9 Å². The van der Waals surface area contributed by atoms with Crippen LogP contribution < -0.4 is 10.5 Å². The number of Topliss-reactive ketones (excluding diaryl/α,β-unsaturated/α-hetero) is 1. The lowest BCUT2D eigenvalue weighted by Gasteiger charge is -2.14. The molecule has 1 atom stereocenters. The summed E-state index contributed by atoms with van der Waals surface area (Å²) < 4.78 is 8.01. The molecule has 0 bridgehead atoms. The Hall–Kier alpha value is -3.61. The number of hydrogen-bond donors (Lipinski definition) is 1. The Morgan fingerprint density at radius 3 is 2.18 bits per heavy atom. The Kier molecular flexibility index (Phi) is 11.6. The molecule has 1 unspecified atom stereocenters. The van der Waals surface area contributed by atoms with E-state index in [2.05, 4.69) is 9.72 Å². The van der Waals surface area contributed by atoms with Crippen molar-refractivity contribution in [2.45, 2.75) is 61.1 Å². The molecule has 0 saturated heterocycles. The summed E-state index contributed by atoms with van der Waals surface area (Å²) in [5.41, 5.74) is 8.87. The summed E-state index contributed by atoms with van der Waals surface area (Å²) in [5.74, 6) is -0.340. The van der Waals surface area contributed by atoms with Gasteiger partial charge < -0.3 is 19.9 Å². The molecule has 34 heavy (non-hydrogen) atoms. The van der Waals surface area contributed by atoms with E-state index in [4.69, 9.17) is 15.3 Å². The molecule has 184 valence electrons. The summed E-state index contributed by atoms with van der Waals surface area (Å²) in [6.45, 7) is 13.6. The minimum Gasteiger partial charge on any atom is -0.482 e. The van der Waals surface area contributed by atoms with Gasteiger partial charge >= 0.3 is 0 Å². The summed E-state index contributed by atoms with van der Waals surface area (Å²) in [5, 5.41) is 4.55. The predicted molar refractivity (Wildman–Crippen MR) is 138 cm³/mol. The van der Waals surface area contributed by atoms with Crippen molar-refractivity contribution < 1.29 is 19.2 Å². The van der Waals surface area contributed by atoms with E-state index in [1.807, 2.05) is 77.1 Å². The molecule has 7 heteroatoms. The lowest BCUT2D eigenvalue weighted by atomic mass is 10.0. The van der Waals surface area contributed by atoms with E-state index in [-0.39, 0.29) is 11.5 Å². The molecule has 2 aromatic carbocycles. The van der Waals surface area contributed by atoms with E-state index >= 15 is 0 Å². The molecule has 0 spiro atoms. The maximum atomic E-state index is 12.2. The SMILES string of the molecule is CC.CC.CO/N=C(/C(N)=O)c1c(C)n(Cc2ccccc2)c2cccc(OC(C)C(C)=O)c12. The first-order valence-electron chi connectivity index (χ1n) is 11.6. The monoisotopic (exact) mass is 467 g/mol. The van der Waals surface area contributed by atoms with E-state index in [1.54, 1.807) is 13.0 Å². The molecule has 0 aliphatic carbocycles. The molecule has 0 saturated carbocycles. The highest BCUT2D eigenvalue weighted by Gasteiger charge is 2.26. The number of ether oxygens (including phenoxy) is 1. The smallest absolute Gasteiger partial charge is 0.271 e. The lowest BCUT2D eigenvalue weighted by molar-refractivity contribution is -0.122. The maximum Gasteiger partial charge on any atom is 0.271 e. The zero-order valence-electron chi connectivity index (χ0n) is 21.5. The average Bonchev–Trinajstić information content (AvgIpc) is 3.12. The van der Waals surface area contributed by atoms with E-state index < -0.39 is 12.0 Å². The fraction of sp³-hybridized carbons (Fsp3) is 0.370. The molecule has 0 radical (unpaired) electrons. The highest BCUT2D eigenvalue weighted by molar-refractivity contribution is 6.47. The van der Waals surface area contributed by atoms with Crippen molar-refractivity contribution in [2.75, 3.05) is 7.11 Å². The van der Waals surface area contributed by atoms with Crippen molar-refractivity contribution in [3.63, 3.8) is 0 Å². The van der Waals surface area contributed by atoms with Crippen LogP contribution in [0, 0.1) is 6.92 Å². The van der Waals surface area contributed by atoms with Gasteiger partial charge in [-0.05, 0) is 38.5 Å². The van der Waals surface area contributed by atoms with Crippen molar-refractivity contribution >= 4 is 28.3 Å². The van der Waals surface area contributed by atoms with Crippen molar-refractivity contribution in [2.24, 2.45) is 10.9 Å². The van der Waals surface area contributed by atoms with Gasteiger partial charge in [-0.2, -0.15) is 0 Å². The number of nitrogens with zero attached hydrogens (tertiary/aromatic N) is 2. The number of benzene rings is 2. The number of carbonyl (C=O) groups excluding carboxylic acids is 2. The number of aromatic nitrogens is 1. The van der Waals surface area contributed by atoms with Gasteiger partial charge in [0.1, 0.15) is 12.9 Å². The van der Waals surface area contributed by atoms with Crippen LogP contribution in [0.2, 0.25) is 0 Å². The van der Waals surface area contributed by atoms with Crippen LogP contribution in [0.1, 0.15) is 58.4 Å². The van der Waals surface area contributed by atoms with Gasteiger partial charge in [0.2, 0.25) is 0 Å². The van der Waals surface area contributed by atoms with Gasteiger partial charge in [0.05, 0.1) is 10.9 Å². The van der Waals surface area contributed by atoms with Gasteiger partial charge in [-0.15, -0.1) is 0 Å². The second-order valence-corrected chi connectivity index (χ2v) is 7.04. The van der Waals surface area contributed by atoms with Crippen molar-refractivity contribution in [1.82, 2.24) is 4.57 Å². The molecule has 0 aliphatic heterocycles. The number of carbonyl (C=O) groups is 2. The number of amides is 1. The molecule has 3 rings (SSSR count). The molecule has 1 aromatic heterocycles. The predicted octanol–water partition coefficient (Wildman–Crippen LogP) is 5.24. The molecule has 2 N–H and O–H groups in total. The summed E-state index contributed by atoms with van der Waals surface area (Å²) in [6, 6.07) is 15.5. The molecule has 1 amide bonds. The fourth-order valence-electron chi connectivity index (χ4n) is 3.43. The van der Waals surface area contributed by atoms with E-state index in [0.717, 1.165) is 16.8 Å². The number of hydrogen-bond acceptors (Lipinski definition) is 5. The van der Waals surface area contributed by atoms with Crippen LogP contribution in [0.15, 0.2) is 53.7 Å². The summed E-state index contributed by atoms with van der Waals surface area (Å²) >= 11 is 0. The van der Waals surface area contributed by atoms with Gasteiger partial charge in [0, 0.05) is 17.8 Å². The first kappa shape index (κ1) is 28.4. The number of rotatable bonds is 8. The highest BCUT2D eigenvalue weighted by Crippen LogP contribution is 2.35. The first-order chi connectivity index (χ1) is 16.3. The standard InChI is InChI=1S/C23H25N3O4.2C2H6/c1-14-20(22(23(24)28)25-29-4)21-18(26(14)13-17-9-6-5-7-10-17)11-8-12-19(21)30-16(3)15(2)27;2*1-2/h5-12,16H,13H2,1-4H3,(H2,24,28);2*1-2H3/b25-22+;;. The number of nitrogens with two attached hydrogens (primary N) is 1. The van der Waals surface area contributed by atoms with Gasteiger partial charge in [-0.1, -0.05) is 69.2 Å². The summed E-state index contributed by atoms with van der Waals surface area (Å²) in [6.07, 6.45) is -0.641.